The number of hydrogen-bond donors (Lipinski definition) is 2. The number of carbonyl (C=O) groups is 1. The molecule has 3 rings (SSSR count). The van der Waals surface area contributed by atoms with Gasteiger partial charge in [0.1, 0.15) is 11.4 Å². The Morgan fingerprint density at radius 1 is 1.23 bits per heavy atom. The van der Waals surface area contributed by atoms with Crippen LogP contribution in [0.2, 0.25) is 0 Å². The summed E-state index contributed by atoms with van der Waals surface area (Å²) in [6, 6.07) is 10.1. The molecule has 0 bridgehead atoms. The zero-order valence-electron chi connectivity index (χ0n) is 18.0. The fourth-order valence-electron chi connectivity index (χ4n) is 3.21. The summed E-state index contributed by atoms with van der Waals surface area (Å²) in [6.45, 7) is 8.34. The number of nitrogens with zero attached hydrogens (tertiary/aromatic N) is 2. The Hall–Kier alpha value is -1.81. The van der Waals surface area contributed by atoms with Crippen LogP contribution in [0.3, 0.4) is 0 Å². The van der Waals surface area contributed by atoms with Gasteiger partial charge in [-0.1, -0.05) is 18.2 Å². The van der Waals surface area contributed by atoms with Gasteiger partial charge in [-0.3, -0.25) is 9.79 Å². The van der Waals surface area contributed by atoms with E-state index in [1.807, 2.05) is 49.9 Å². The zero-order chi connectivity index (χ0) is 20.9. The minimum atomic E-state index is -0.265. The first-order valence-electron chi connectivity index (χ1n) is 9.90. The molecule has 164 valence electrons. The molecule has 8 heteroatoms. The van der Waals surface area contributed by atoms with Crippen molar-refractivity contribution >= 4 is 47.2 Å². The summed E-state index contributed by atoms with van der Waals surface area (Å²) in [5.41, 5.74) is 2.05. The summed E-state index contributed by atoms with van der Waals surface area (Å²) in [5, 5.41) is 8.50. The highest BCUT2D eigenvalue weighted by Gasteiger charge is 2.21. The topological polar surface area (TPSA) is 66.0 Å². The first-order chi connectivity index (χ1) is 13.9. The number of benzene rings is 1. The van der Waals surface area contributed by atoms with E-state index < -0.39 is 0 Å². The molecule has 0 saturated heterocycles. The normalized spacial score (nSPS) is 13.9. The Labute approximate surface area is 200 Å². The van der Waals surface area contributed by atoms with E-state index in [1.165, 1.54) is 10.4 Å². The number of nitrogens with one attached hydrogen (secondary N) is 2. The van der Waals surface area contributed by atoms with E-state index in [4.69, 9.17) is 4.74 Å². The number of hydrogen-bond acceptors (Lipinski definition) is 4. The van der Waals surface area contributed by atoms with Crippen LogP contribution < -0.4 is 15.4 Å². The summed E-state index contributed by atoms with van der Waals surface area (Å²) >= 11 is 1.78. The lowest BCUT2D eigenvalue weighted by Crippen LogP contribution is -2.45. The second-order valence-electron chi connectivity index (χ2n) is 8.04. The molecule has 0 unspecified atom stereocenters. The predicted molar refractivity (Wildman–Crippen MR) is 134 cm³/mol. The summed E-state index contributed by atoms with van der Waals surface area (Å²) in [4.78, 5) is 20.1. The molecule has 6 nitrogen and oxygen atoms in total. The van der Waals surface area contributed by atoms with Gasteiger partial charge in [-0.05, 0) is 50.3 Å². The predicted octanol–water partition coefficient (Wildman–Crippen LogP) is 3.79. The van der Waals surface area contributed by atoms with Gasteiger partial charge in [0.05, 0.1) is 6.54 Å². The quantitative estimate of drug-likeness (QED) is 0.343. The number of rotatable bonds is 5. The second-order valence-corrected chi connectivity index (χ2v) is 9.04. The van der Waals surface area contributed by atoms with Gasteiger partial charge < -0.3 is 20.3 Å². The lowest BCUT2D eigenvalue weighted by molar-refractivity contribution is -0.130. The Morgan fingerprint density at radius 3 is 2.73 bits per heavy atom. The Bertz CT molecular complexity index is 876. The molecule has 1 aliphatic heterocycles. The van der Waals surface area contributed by atoms with Crippen molar-refractivity contribution in [1.82, 2.24) is 15.5 Å². The van der Waals surface area contributed by atoms with E-state index in [1.54, 1.807) is 18.4 Å². The molecule has 1 aromatic carbocycles. The molecule has 0 radical (unpaired) electrons. The van der Waals surface area contributed by atoms with Gasteiger partial charge in [-0.25, -0.2) is 0 Å². The van der Waals surface area contributed by atoms with Gasteiger partial charge in [0.15, 0.2) is 5.96 Å². The highest BCUT2D eigenvalue weighted by molar-refractivity contribution is 14.0. The van der Waals surface area contributed by atoms with Crippen molar-refractivity contribution in [2.75, 3.05) is 20.1 Å². The molecule has 2 N–H and O–H groups in total. The number of fused-ring (bicyclic) bond motifs is 1. The maximum atomic E-state index is 12.6. The van der Waals surface area contributed by atoms with Gasteiger partial charge in [0.2, 0.25) is 5.91 Å². The molecule has 2 heterocycles. The average molecular weight is 542 g/mol. The van der Waals surface area contributed by atoms with Crippen molar-refractivity contribution in [2.24, 2.45) is 4.99 Å². The van der Waals surface area contributed by atoms with Crippen LogP contribution in [-0.2, 0) is 24.3 Å². The first kappa shape index (κ1) is 24.5. The van der Waals surface area contributed by atoms with Crippen LogP contribution in [0.1, 0.15) is 36.8 Å². The maximum absolute atomic E-state index is 12.6. The zero-order valence-corrected chi connectivity index (χ0v) is 21.2. The first-order valence-corrected chi connectivity index (χ1v) is 10.8. The van der Waals surface area contributed by atoms with Crippen molar-refractivity contribution in [3.05, 3.63) is 51.7 Å². The summed E-state index contributed by atoms with van der Waals surface area (Å²) in [6.07, 6.45) is 0.941. The highest BCUT2D eigenvalue weighted by Crippen LogP contribution is 2.24. The summed E-state index contributed by atoms with van der Waals surface area (Å²) in [5.74, 6) is 1.53. The molecule has 0 spiro atoms. The molecule has 0 fully saturated rings. The van der Waals surface area contributed by atoms with E-state index in [9.17, 15) is 4.79 Å². The smallest absolute Gasteiger partial charge is 0.242 e. The van der Waals surface area contributed by atoms with Crippen molar-refractivity contribution in [1.29, 1.82) is 0 Å². The van der Waals surface area contributed by atoms with E-state index in [0.717, 1.165) is 24.3 Å². The molecular formula is C22H31IN4O2S. The summed E-state index contributed by atoms with van der Waals surface area (Å²) < 4.78 is 6.04. The highest BCUT2D eigenvalue weighted by atomic mass is 127. The van der Waals surface area contributed by atoms with Crippen molar-refractivity contribution < 1.29 is 9.53 Å². The maximum Gasteiger partial charge on any atom is 0.242 e. The van der Waals surface area contributed by atoms with Crippen molar-refractivity contribution in [3.8, 4) is 5.75 Å². The number of guanidine groups is 1. The third-order valence-corrected chi connectivity index (χ3v) is 5.65. The fourth-order valence-corrected chi connectivity index (χ4v) is 4.10. The molecule has 0 saturated carbocycles. The minimum absolute atomic E-state index is 0. The van der Waals surface area contributed by atoms with Gasteiger partial charge in [0.25, 0.3) is 0 Å². The van der Waals surface area contributed by atoms with Crippen molar-refractivity contribution in [3.63, 3.8) is 0 Å². The van der Waals surface area contributed by atoms with Gasteiger partial charge >= 0.3 is 0 Å². The van der Waals surface area contributed by atoms with E-state index in [0.29, 0.717) is 19.0 Å². The molecule has 1 aromatic heterocycles. The Morgan fingerprint density at radius 2 is 2.00 bits per heavy atom. The van der Waals surface area contributed by atoms with Crippen LogP contribution >= 0.6 is 35.3 Å². The van der Waals surface area contributed by atoms with E-state index >= 15 is 0 Å². The minimum Gasteiger partial charge on any atom is -0.488 e. The van der Waals surface area contributed by atoms with Crippen LogP contribution in [0.5, 0.6) is 5.75 Å². The molecular weight excluding hydrogens is 511 g/mol. The number of aliphatic imine (C=N–C) groups is 1. The monoisotopic (exact) mass is 542 g/mol. The largest absolute Gasteiger partial charge is 0.488 e. The Kier molecular flexibility index (Phi) is 8.96. The lowest BCUT2D eigenvalue weighted by atomic mass is 10.1. The second kappa shape index (κ2) is 11.0. The van der Waals surface area contributed by atoms with Crippen molar-refractivity contribution in [2.45, 2.75) is 45.9 Å². The fraction of sp³-hybridized carbons (Fsp3) is 0.455. The van der Waals surface area contributed by atoms with Gasteiger partial charge in [-0.2, -0.15) is 0 Å². The molecule has 0 atom stereocenters. The number of carbonyl (C=O) groups excluding carboxylic acids is 1. The van der Waals surface area contributed by atoms with Crippen LogP contribution in [0.15, 0.2) is 40.7 Å². The lowest BCUT2D eigenvalue weighted by Gasteiger charge is -2.27. The molecule has 2 aromatic rings. The average Bonchev–Trinajstić information content (AvgIpc) is 3.15. The van der Waals surface area contributed by atoms with Gasteiger partial charge in [-0.15, -0.1) is 35.3 Å². The number of ether oxygens (including phenoxy) is 1. The SMILES string of the molecule is CN=C(NCC(=O)N1CCc2sccc2C1)NCc1ccccc1OC(C)(C)C.I. The molecule has 1 amide bonds. The third-order valence-electron chi connectivity index (χ3n) is 4.63. The number of amides is 1. The number of thiophene rings is 1. The molecule has 0 aliphatic carbocycles. The van der Waals surface area contributed by atoms with Crippen LogP contribution in [-0.4, -0.2) is 42.5 Å². The van der Waals surface area contributed by atoms with E-state index in [2.05, 4.69) is 27.1 Å². The van der Waals surface area contributed by atoms with Crippen LogP contribution in [0.4, 0.5) is 0 Å². The number of halogens is 1. The van der Waals surface area contributed by atoms with Crippen LogP contribution in [0.25, 0.3) is 0 Å². The molecule has 30 heavy (non-hydrogen) atoms. The third kappa shape index (κ3) is 6.87. The van der Waals surface area contributed by atoms with E-state index in [-0.39, 0.29) is 42.0 Å². The Balaban J connectivity index is 0.00000320. The number of para-hydroxylation sites is 1. The van der Waals surface area contributed by atoms with Crippen LogP contribution in [0, 0.1) is 0 Å². The molecule has 1 aliphatic rings. The summed E-state index contributed by atoms with van der Waals surface area (Å²) in [7, 11) is 1.70. The van der Waals surface area contributed by atoms with Gasteiger partial charge in [0, 0.05) is 37.1 Å². The standard InChI is InChI=1S/C22H30N4O2S.HI/c1-22(2,3)28-18-8-6-5-7-16(18)13-24-21(23-4)25-14-20(27)26-11-9-19-17(15-26)10-12-29-19;/h5-8,10,12H,9,11,13-15H2,1-4H3,(H2,23,24,25);1H.